The molecular formula is C8H4I2OS. The van der Waals surface area contributed by atoms with Crippen LogP contribution in [0.4, 0.5) is 0 Å². The fourth-order valence-electron chi connectivity index (χ4n) is 1.05. The molecule has 1 aromatic heterocycles. The van der Waals surface area contributed by atoms with Gasteiger partial charge in [0.05, 0.1) is 8.27 Å². The molecule has 1 N–H and O–H groups in total. The van der Waals surface area contributed by atoms with Crippen molar-refractivity contribution in [3.8, 4) is 5.75 Å². The predicted molar refractivity (Wildman–Crippen MR) is 68.9 cm³/mol. The summed E-state index contributed by atoms with van der Waals surface area (Å²) < 4.78 is 3.30. The lowest BCUT2D eigenvalue weighted by Crippen LogP contribution is -1.77. The minimum Gasteiger partial charge on any atom is -0.506 e. The maximum Gasteiger partial charge on any atom is 0.137 e. The zero-order chi connectivity index (χ0) is 8.72. The van der Waals surface area contributed by atoms with Crippen LogP contribution < -0.4 is 0 Å². The van der Waals surface area contributed by atoms with E-state index in [2.05, 4.69) is 45.2 Å². The molecule has 1 heterocycles. The normalized spacial score (nSPS) is 10.8. The Morgan fingerprint density at radius 2 is 2.00 bits per heavy atom. The van der Waals surface area contributed by atoms with Gasteiger partial charge < -0.3 is 5.11 Å². The van der Waals surface area contributed by atoms with Crippen molar-refractivity contribution in [3.63, 3.8) is 0 Å². The number of phenolic OH excluding ortho intramolecular Hbond substituents is 1. The molecule has 0 fully saturated rings. The largest absolute Gasteiger partial charge is 0.506 e. The Morgan fingerprint density at radius 1 is 1.25 bits per heavy atom. The minimum absolute atomic E-state index is 0.410. The standard InChI is InChI=1S/C8H4I2OS/c9-5-3-6(10)8-4(7(5)11)1-2-12-8/h1-3,11H. The summed E-state index contributed by atoms with van der Waals surface area (Å²) in [6, 6.07) is 3.95. The van der Waals surface area contributed by atoms with E-state index < -0.39 is 0 Å². The Kier molecular flexibility index (Phi) is 2.48. The van der Waals surface area contributed by atoms with Gasteiger partial charge in [0.2, 0.25) is 0 Å². The molecule has 0 saturated carbocycles. The molecule has 0 unspecified atom stereocenters. The molecular weight excluding hydrogens is 398 g/mol. The van der Waals surface area contributed by atoms with Crippen LogP contribution in [0.5, 0.6) is 5.75 Å². The molecule has 2 aromatic rings. The third kappa shape index (κ3) is 1.33. The molecule has 0 radical (unpaired) electrons. The van der Waals surface area contributed by atoms with Gasteiger partial charge in [0.25, 0.3) is 0 Å². The van der Waals surface area contributed by atoms with Crippen molar-refractivity contribution in [3.05, 3.63) is 24.7 Å². The highest BCUT2D eigenvalue weighted by Gasteiger charge is 2.08. The number of hydrogen-bond acceptors (Lipinski definition) is 2. The number of halogens is 2. The van der Waals surface area contributed by atoms with Crippen LogP contribution in [0.2, 0.25) is 0 Å². The Hall–Kier alpha value is 0.440. The molecule has 0 aliphatic carbocycles. The lowest BCUT2D eigenvalue weighted by atomic mass is 10.2. The average molecular weight is 402 g/mol. The fourth-order valence-corrected chi connectivity index (χ4v) is 4.04. The summed E-state index contributed by atoms with van der Waals surface area (Å²) in [5.41, 5.74) is 0. The quantitative estimate of drug-likeness (QED) is 0.665. The van der Waals surface area contributed by atoms with Crippen LogP contribution in [-0.4, -0.2) is 5.11 Å². The Labute approximate surface area is 101 Å². The summed E-state index contributed by atoms with van der Waals surface area (Å²) in [5, 5.41) is 12.6. The van der Waals surface area contributed by atoms with Gasteiger partial charge in [0, 0.05) is 8.96 Å². The average Bonchev–Trinajstić information content (AvgIpc) is 2.48. The first-order chi connectivity index (χ1) is 5.70. The van der Waals surface area contributed by atoms with E-state index in [4.69, 9.17) is 0 Å². The second-order valence-electron chi connectivity index (χ2n) is 2.35. The van der Waals surface area contributed by atoms with E-state index in [9.17, 15) is 5.11 Å². The van der Waals surface area contributed by atoms with Crippen molar-refractivity contribution in [1.29, 1.82) is 0 Å². The van der Waals surface area contributed by atoms with Crippen molar-refractivity contribution in [2.24, 2.45) is 0 Å². The molecule has 62 valence electrons. The fraction of sp³-hybridized carbons (Fsp3) is 0. The Morgan fingerprint density at radius 3 is 2.75 bits per heavy atom. The van der Waals surface area contributed by atoms with Gasteiger partial charge >= 0.3 is 0 Å². The lowest BCUT2D eigenvalue weighted by molar-refractivity contribution is 0.478. The topological polar surface area (TPSA) is 20.2 Å². The number of phenols is 1. The van der Waals surface area contributed by atoms with Crippen LogP contribution in [0.3, 0.4) is 0 Å². The second-order valence-corrected chi connectivity index (χ2v) is 5.59. The van der Waals surface area contributed by atoms with Crippen LogP contribution in [-0.2, 0) is 0 Å². The van der Waals surface area contributed by atoms with E-state index >= 15 is 0 Å². The molecule has 0 aliphatic heterocycles. The van der Waals surface area contributed by atoms with Crippen molar-refractivity contribution in [2.75, 3.05) is 0 Å². The zero-order valence-corrected chi connectivity index (χ0v) is 11.0. The van der Waals surface area contributed by atoms with Crippen molar-refractivity contribution in [2.45, 2.75) is 0 Å². The molecule has 0 spiro atoms. The number of hydrogen-bond donors (Lipinski definition) is 1. The summed E-state index contributed by atoms with van der Waals surface area (Å²) >= 11 is 6.10. The molecule has 1 aromatic carbocycles. The summed E-state index contributed by atoms with van der Waals surface area (Å²) in [7, 11) is 0. The highest BCUT2D eigenvalue weighted by Crippen LogP contribution is 2.36. The van der Waals surface area contributed by atoms with Crippen LogP contribution in [0.15, 0.2) is 17.5 Å². The number of aromatic hydroxyl groups is 1. The SMILES string of the molecule is Oc1c(I)cc(I)c2sccc12. The van der Waals surface area contributed by atoms with Crippen LogP contribution in [0.1, 0.15) is 0 Å². The van der Waals surface area contributed by atoms with Gasteiger partial charge in [-0.05, 0) is 62.7 Å². The summed E-state index contributed by atoms with van der Waals surface area (Å²) in [4.78, 5) is 0. The minimum atomic E-state index is 0.410. The van der Waals surface area contributed by atoms with Gasteiger partial charge in [-0.1, -0.05) is 0 Å². The monoisotopic (exact) mass is 402 g/mol. The van der Waals surface area contributed by atoms with E-state index in [1.807, 2.05) is 17.5 Å². The maximum atomic E-state index is 9.67. The van der Waals surface area contributed by atoms with Crippen LogP contribution in [0.25, 0.3) is 10.1 Å². The Balaban J connectivity index is 2.97. The van der Waals surface area contributed by atoms with E-state index in [0.29, 0.717) is 5.75 Å². The van der Waals surface area contributed by atoms with Crippen molar-refractivity contribution >= 4 is 66.6 Å². The van der Waals surface area contributed by atoms with Gasteiger partial charge in [0.1, 0.15) is 5.75 Å². The third-order valence-electron chi connectivity index (χ3n) is 1.62. The Bertz CT molecular complexity index is 436. The predicted octanol–water partition coefficient (Wildman–Crippen LogP) is 3.82. The first-order valence-corrected chi connectivity index (χ1v) is 6.28. The van der Waals surface area contributed by atoms with Gasteiger partial charge in [-0.15, -0.1) is 11.3 Å². The van der Waals surface area contributed by atoms with Crippen molar-refractivity contribution < 1.29 is 5.11 Å². The number of thiophene rings is 1. The molecule has 1 nitrogen and oxygen atoms in total. The number of rotatable bonds is 0. The van der Waals surface area contributed by atoms with Gasteiger partial charge in [0.15, 0.2) is 0 Å². The summed E-state index contributed by atoms with van der Waals surface area (Å²) in [5.74, 6) is 0.410. The highest BCUT2D eigenvalue weighted by molar-refractivity contribution is 14.1. The molecule has 0 amide bonds. The molecule has 0 atom stereocenters. The number of fused-ring (bicyclic) bond motifs is 1. The van der Waals surface area contributed by atoms with Gasteiger partial charge in [-0.2, -0.15) is 0 Å². The molecule has 4 heteroatoms. The second kappa shape index (κ2) is 3.30. The first-order valence-electron chi connectivity index (χ1n) is 3.24. The zero-order valence-electron chi connectivity index (χ0n) is 5.84. The molecule has 0 aliphatic rings. The number of benzene rings is 1. The molecule has 2 rings (SSSR count). The van der Waals surface area contributed by atoms with Gasteiger partial charge in [-0.25, -0.2) is 0 Å². The van der Waals surface area contributed by atoms with Crippen molar-refractivity contribution in [1.82, 2.24) is 0 Å². The van der Waals surface area contributed by atoms with E-state index in [1.54, 1.807) is 11.3 Å². The smallest absolute Gasteiger partial charge is 0.137 e. The third-order valence-corrected chi connectivity index (χ3v) is 4.60. The molecule has 12 heavy (non-hydrogen) atoms. The van der Waals surface area contributed by atoms with Gasteiger partial charge in [-0.3, -0.25) is 0 Å². The summed E-state index contributed by atoms with van der Waals surface area (Å²) in [6.07, 6.45) is 0. The highest BCUT2D eigenvalue weighted by atomic mass is 127. The maximum absolute atomic E-state index is 9.67. The summed E-state index contributed by atoms with van der Waals surface area (Å²) in [6.45, 7) is 0. The van der Waals surface area contributed by atoms with E-state index in [-0.39, 0.29) is 0 Å². The van der Waals surface area contributed by atoms with E-state index in [0.717, 1.165) is 8.96 Å². The molecule has 0 bridgehead atoms. The molecule has 0 saturated heterocycles. The first kappa shape index (κ1) is 9.01. The van der Waals surface area contributed by atoms with Crippen LogP contribution in [0, 0.1) is 7.14 Å². The van der Waals surface area contributed by atoms with Crippen LogP contribution >= 0.6 is 56.5 Å². The lowest BCUT2D eigenvalue weighted by Gasteiger charge is -2.00. The van der Waals surface area contributed by atoms with E-state index in [1.165, 1.54) is 8.27 Å².